The van der Waals surface area contributed by atoms with Crippen molar-refractivity contribution in [3.63, 3.8) is 0 Å². The second-order valence-electron chi connectivity index (χ2n) is 16.3. The minimum atomic E-state index is -0.586. The summed E-state index contributed by atoms with van der Waals surface area (Å²) in [6.45, 7) is 5.62. The molecule has 9 nitrogen and oxygen atoms in total. The number of anilines is 1. The van der Waals surface area contributed by atoms with Crippen LogP contribution in [0.3, 0.4) is 0 Å². The van der Waals surface area contributed by atoms with Crippen molar-refractivity contribution in [3.8, 4) is 11.5 Å². The Balaban J connectivity index is 0.756. The normalized spacial score (nSPS) is 23.7. The van der Waals surface area contributed by atoms with Crippen LogP contribution >= 0.6 is 0 Å². The zero-order valence-corrected chi connectivity index (χ0v) is 31.4. The fourth-order valence-electron chi connectivity index (χ4n) is 9.93. The van der Waals surface area contributed by atoms with Crippen LogP contribution in [0.2, 0.25) is 0 Å². The topological polar surface area (TPSA) is 102 Å². The number of amides is 3. The Morgan fingerprint density at radius 3 is 2.27 bits per heavy atom. The van der Waals surface area contributed by atoms with Gasteiger partial charge < -0.3 is 24.5 Å². The third kappa shape index (κ3) is 7.34. The van der Waals surface area contributed by atoms with Crippen LogP contribution in [0.1, 0.15) is 95.0 Å². The molecule has 3 saturated heterocycles. The molecule has 4 aromatic carbocycles. The van der Waals surface area contributed by atoms with Crippen LogP contribution in [0, 0.1) is 5.92 Å². The number of aromatic hydroxyl groups is 1. The molecule has 4 aromatic rings. The number of aryl methyl sites for hydroxylation is 1. The van der Waals surface area contributed by atoms with Gasteiger partial charge in [-0.2, -0.15) is 0 Å². The predicted molar refractivity (Wildman–Crippen MR) is 211 cm³/mol. The molecule has 3 fully saturated rings. The molecule has 0 spiro atoms. The molecule has 0 aromatic heterocycles. The van der Waals surface area contributed by atoms with E-state index >= 15 is 0 Å². The van der Waals surface area contributed by atoms with E-state index in [0.29, 0.717) is 36.1 Å². The van der Waals surface area contributed by atoms with Crippen molar-refractivity contribution < 1.29 is 24.2 Å². The fourth-order valence-corrected chi connectivity index (χ4v) is 9.93. The average molecular weight is 739 g/mol. The number of likely N-dealkylation sites (tertiary alicyclic amines) is 1. The Morgan fingerprint density at radius 1 is 0.727 bits per heavy atom. The monoisotopic (exact) mass is 738 g/mol. The highest BCUT2D eigenvalue weighted by molar-refractivity contribution is 6.05. The van der Waals surface area contributed by atoms with Crippen LogP contribution in [0.5, 0.6) is 11.5 Å². The minimum Gasteiger partial charge on any atom is -0.508 e. The quantitative estimate of drug-likeness (QED) is 0.193. The molecule has 55 heavy (non-hydrogen) atoms. The third-order valence-electron chi connectivity index (χ3n) is 12.9. The molecule has 3 atom stereocenters. The molecule has 9 heteroatoms. The summed E-state index contributed by atoms with van der Waals surface area (Å²) in [5.74, 6) is 1.79. The molecule has 4 aliphatic heterocycles. The number of ether oxygens (including phenoxy) is 1. The smallest absolute Gasteiger partial charge is 0.255 e. The number of benzene rings is 4. The SMILES string of the molecule is O=C1CCC(N2Cc3cc(N4CCC(CN5CCC(Oc6ccc([C@@H]7c8ccc(O)cc8CC[C@@H]7c7ccccc7)cc6)CC5)CC4)ccc3C2=O)C(=O)N1. The lowest BCUT2D eigenvalue weighted by Crippen LogP contribution is -2.52. The van der Waals surface area contributed by atoms with Crippen molar-refractivity contribution in [1.29, 1.82) is 0 Å². The predicted octanol–water partition coefficient (Wildman–Crippen LogP) is 6.77. The number of fused-ring (bicyclic) bond motifs is 2. The molecule has 4 heterocycles. The van der Waals surface area contributed by atoms with Gasteiger partial charge in [0.15, 0.2) is 0 Å². The molecule has 0 radical (unpaired) electrons. The highest BCUT2D eigenvalue weighted by Crippen LogP contribution is 2.47. The van der Waals surface area contributed by atoms with Gasteiger partial charge >= 0.3 is 0 Å². The first kappa shape index (κ1) is 35.5. The van der Waals surface area contributed by atoms with Gasteiger partial charge in [0.2, 0.25) is 11.8 Å². The lowest BCUT2D eigenvalue weighted by Gasteiger charge is -2.38. The summed E-state index contributed by atoms with van der Waals surface area (Å²) in [6, 6.07) is 31.0. The summed E-state index contributed by atoms with van der Waals surface area (Å²) in [4.78, 5) is 43.9. The number of nitrogens with one attached hydrogen (secondary N) is 1. The summed E-state index contributed by atoms with van der Waals surface area (Å²) >= 11 is 0. The molecule has 0 saturated carbocycles. The lowest BCUT2D eigenvalue weighted by molar-refractivity contribution is -0.136. The highest BCUT2D eigenvalue weighted by Gasteiger charge is 2.39. The molecular formula is C46H50N4O5. The summed E-state index contributed by atoms with van der Waals surface area (Å²) in [7, 11) is 0. The van der Waals surface area contributed by atoms with Gasteiger partial charge in [0.1, 0.15) is 23.6 Å². The summed E-state index contributed by atoms with van der Waals surface area (Å²) < 4.78 is 6.56. The molecule has 284 valence electrons. The number of phenols is 1. The molecule has 1 aliphatic carbocycles. The van der Waals surface area contributed by atoms with E-state index in [9.17, 15) is 19.5 Å². The van der Waals surface area contributed by atoms with Gasteiger partial charge in [-0.3, -0.25) is 19.7 Å². The number of phenolic OH excluding ortho intramolecular Hbond substituents is 1. The highest BCUT2D eigenvalue weighted by atomic mass is 16.5. The Hall–Kier alpha value is -5.15. The Bertz CT molecular complexity index is 2050. The van der Waals surface area contributed by atoms with Crippen molar-refractivity contribution in [1.82, 2.24) is 15.1 Å². The van der Waals surface area contributed by atoms with E-state index in [2.05, 4.69) is 81.8 Å². The van der Waals surface area contributed by atoms with Crippen LogP contribution < -0.4 is 15.0 Å². The van der Waals surface area contributed by atoms with E-state index in [-0.39, 0.29) is 36.2 Å². The van der Waals surface area contributed by atoms with Crippen molar-refractivity contribution in [2.24, 2.45) is 5.92 Å². The standard InChI is InChI=1S/C46H50N4O5/c51-36-10-15-40-33(27-36)8-13-39(31-4-2-1-3-5-31)44(40)32-6-11-37(12-7-32)55-38-20-22-48(23-21-38)28-30-18-24-49(25-19-30)35-9-14-41-34(26-35)29-50(46(41)54)42-16-17-43(52)47-45(42)53/h1-7,9-12,14-15,26-27,30,38-39,42,44,51H,8,13,16-25,28-29H2,(H,47,52,53)/t39-,42?,44+/m1/s1. The molecule has 0 bridgehead atoms. The van der Waals surface area contributed by atoms with Crippen molar-refractivity contribution in [2.45, 2.75) is 81.9 Å². The molecule has 2 N–H and O–H groups in total. The van der Waals surface area contributed by atoms with Crippen molar-refractivity contribution >= 4 is 23.4 Å². The zero-order valence-electron chi connectivity index (χ0n) is 31.4. The zero-order chi connectivity index (χ0) is 37.5. The van der Waals surface area contributed by atoms with E-state index in [0.717, 1.165) is 88.2 Å². The first-order valence-electron chi connectivity index (χ1n) is 20.2. The second-order valence-corrected chi connectivity index (χ2v) is 16.3. The van der Waals surface area contributed by atoms with E-state index in [1.165, 1.54) is 22.3 Å². The maximum atomic E-state index is 13.1. The van der Waals surface area contributed by atoms with Gasteiger partial charge in [-0.05, 0) is 127 Å². The van der Waals surface area contributed by atoms with Crippen LogP contribution in [-0.4, -0.2) is 77.5 Å². The number of rotatable bonds is 8. The number of hydrogen-bond acceptors (Lipinski definition) is 7. The fraction of sp³-hybridized carbons (Fsp3) is 0.413. The van der Waals surface area contributed by atoms with Gasteiger partial charge in [0.05, 0.1) is 0 Å². The maximum absolute atomic E-state index is 13.1. The number of imide groups is 1. The van der Waals surface area contributed by atoms with Gasteiger partial charge in [-0.15, -0.1) is 0 Å². The first-order chi connectivity index (χ1) is 26.9. The van der Waals surface area contributed by atoms with Crippen LogP contribution in [-0.2, 0) is 22.6 Å². The van der Waals surface area contributed by atoms with E-state index in [1.807, 2.05) is 24.3 Å². The third-order valence-corrected chi connectivity index (χ3v) is 12.9. The molecule has 5 aliphatic rings. The van der Waals surface area contributed by atoms with Gasteiger partial charge in [0.25, 0.3) is 5.91 Å². The Morgan fingerprint density at radius 2 is 1.51 bits per heavy atom. The molecule has 1 unspecified atom stereocenters. The average Bonchev–Trinajstić information content (AvgIpc) is 3.54. The molecule has 9 rings (SSSR count). The summed E-state index contributed by atoms with van der Waals surface area (Å²) in [5, 5.41) is 12.6. The van der Waals surface area contributed by atoms with Gasteiger partial charge in [-0.25, -0.2) is 0 Å². The maximum Gasteiger partial charge on any atom is 0.255 e. The molecule has 3 amide bonds. The number of piperidine rings is 3. The molecular weight excluding hydrogens is 689 g/mol. The van der Waals surface area contributed by atoms with Crippen LogP contribution in [0.25, 0.3) is 0 Å². The van der Waals surface area contributed by atoms with E-state index in [1.54, 1.807) is 4.90 Å². The van der Waals surface area contributed by atoms with E-state index in [4.69, 9.17) is 4.74 Å². The van der Waals surface area contributed by atoms with Crippen molar-refractivity contribution in [2.75, 3.05) is 37.6 Å². The second kappa shape index (κ2) is 15.2. The summed E-state index contributed by atoms with van der Waals surface area (Å²) in [5.41, 5.74) is 7.97. The van der Waals surface area contributed by atoms with Crippen molar-refractivity contribution in [3.05, 3.63) is 124 Å². The number of hydrogen-bond donors (Lipinski definition) is 2. The summed E-state index contributed by atoms with van der Waals surface area (Å²) in [6.07, 6.45) is 7.21. The Labute approximate surface area is 323 Å². The van der Waals surface area contributed by atoms with E-state index < -0.39 is 6.04 Å². The largest absolute Gasteiger partial charge is 0.508 e. The van der Waals surface area contributed by atoms with Crippen LogP contribution in [0.4, 0.5) is 5.69 Å². The number of carbonyl (C=O) groups is 3. The lowest BCUT2D eigenvalue weighted by atomic mass is 9.69. The Kier molecular flexibility index (Phi) is 9.81. The van der Waals surface area contributed by atoms with Gasteiger partial charge in [-0.1, -0.05) is 48.5 Å². The number of carbonyl (C=O) groups excluding carboxylic acids is 3. The first-order valence-corrected chi connectivity index (χ1v) is 20.2. The van der Waals surface area contributed by atoms with Gasteiger partial charge in [0, 0.05) is 62.9 Å². The van der Waals surface area contributed by atoms with Crippen LogP contribution in [0.15, 0.2) is 91.0 Å². The minimum absolute atomic E-state index is 0.122. The number of nitrogens with zero attached hydrogens (tertiary/aromatic N) is 3.